The zero-order chi connectivity index (χ0) is 10.3. The Labute approximate surface area is 79.6 Å². The first kappa shape index (κ1) is 10.3. The monoisotopic (exact) mass is 198 g/mol. The van der Waals surface area contributed by atoms with Gasteiger partial charge < -0.3 is 0 Å². The molecule has 1 heterocycles. The molecule has 0 spiro atoms. The summed E-state index contributed by atoms with van der Waals surface area (Å²) in [6, 6.07) is 0. The van der Waals surface area contributed by atoms with Crippen molar-refractivity contribution >= 4 is 9.84 Å². The third-order valence-corrected chi connectivity index (χ3v) is 3.13. The smallest absolute Gasteiger partial charge is 0.201 e. The predicted molar refractivity (Wildman–Crippen MR) is 54.7 cm³/mol. The van der Waals surface area contributed by atoms with Gasteiger partial charge in [-0.25, -0.2) is 8.42 Å². The van der Waals surface area contributed by atoms with Crippen molar-refractivity contribution in [2.24, 2.45) is 5.41 Å². The van der Waals surface area contributed by atoms with Gasteiger partial charge in [0.2, 0.25) is 9.84 Å². The van der Waals surface area contributed by atoms with Gasteiger partial charge in [0, 0.05) is 0 Å². The molecule has 0 aliphatic carbocycles. The van der Waals surface area contributed by atoms with Crippen molar-refractivity contribution in [1.29, 1.82) is 0 Å². The average Bonchev–Trinajstić information content (AvgIpc) is 2.51. The summed E-state index contributed by atoms with van der Waals surface area (Å²) >= 11 is 0. The van der Waals surface area contributed by atoms with Gasteiger partial charge in [-0.15, -0.1) is 0 Å². The van der Waals surface area contributed by atoms with E-state index < -0.39 is 9.84 Å². The van der Waals surface area contributed by atoms with E-state index in [2.05, 4.69) is 6.58 Å². The Morgan fingerprint density at radius 1 is 1.46 bits per heavy atom. The minimum atomic E-state index is -2.96. The van der Waals surface area contributed by atoms with Crippen LogP contribution in [-0.2, 0) is 9.84 Å². The quantitative estimate of drug-likeness (QED) is 0.638. The molecule has 0 N–H and O–H groups in total. The molecule has 2 nitrogen and oxygen atoms in total. The molecule has 0 radical (unpaired) electrons. The number of hydrogen-bond acceptors (Lipinski definition) is 2. The Morgan fingerprint density at radius 3 is 2.15 bits per heavy atom. The first-order chi connectivity index (χ1) is 5.77. The largest absolute Gasteiger partial charge is 0.219 e. The lowest BCUT2D eigenvalue weighted by atomic mass is 9.86. The third-order valence-electron chi connectivity index (χ3n) is 1.93. The Balaban J connectivity index is 2.93. The second-order valence-corrected chi connectivity index (χ2v) is 5.92. The van der Waals surface area contributed by atoms with Crippen LogP contribution in [0.3, 0.4) is 0 Å². The lowest BCUT2D eigenvalue weighted by molar-refractivity contribution is 0.517. The van der Waals surface area contributed by atoms with Gasteiger partial charge in [0.05, 0.1) is 10.3 Å². The molecular formula is C10H14O2S. The molecule has 1 aliphatic heterocycles. The van der Waals surface area contributed by atoms with E-state index in [4.69, 9.17) is 0 Å². The summed E-state index contributed by atoms with van der Waals surface area (Å²) in [7, 11) is -2.96. The van der Waals surface area contributed by atoms with Crippen molar-refractivity contribution in [3.05, 3.63) is 34.6 Å². The van der Waals surface area contributed by atoms with Gasteiger partial charge in [-0.05, 0) is 17.1 Å². The van der Waals surface area contributed by atoms with Gasteiger partial charge in [0.1, 0.15) is 0 Å². The van der Waals surface area contributed by atoms with Crippen LogP contribution in [0.5, 0.6) is 0 Å². The molecule has 1 rings (SSSR count). The molecule has 0 aromatic carbocycles. The number of rotatable bonds is 2. The SMILES string of the molecule is C=C/C(=C\C1=CS1(=O)=O)C(C)(C)C. The molecule has 0 unspecified atom stereocenters. The average molecular weight is 198 g/mol. The Bertz CT molecular complexity index is 389. The first-order valence-electron chi connectivity index (χ1n) is 4.09. The fourth-order valence-electron chi connectivity index (χ4n) is 0.980. The van der Waals surface area contributed by atoms with Crippen LogP contribution in [0.1, 0.15) is 20.8 Å². The zero-order valence-corrected chi connectivity index (χ0v) is 8.98. The topological polar surface area (TPSA) is 34.1 Å². The summed E-state index contributed by atoms with van der Waals surface area (Å²) in [5.74, 6) is 0. The van der Waals surface area contributed by atoms with Crippen LogP contribution in [0, 0.1) is 5.41 Å². The molecule has 0 saturated carbocycles. The summed E-state index contributed by atoms with van der Waals surface area (Å²) < 4.78 is 21.8. The van der Waals surface area contributed by atoms with E-state index in [0.717, 1.165) is 5.57 Å². The van der Waals surface area contributed by atoms with Crippen LogP contribution in [-0.4, -0.2) is 8.42 Å². The lowest BCUT2D eigenvalue weighted by Crippen LogP contribution is -2.07. The van der Waals surface area contributed by atoms with E-state index >= 15 is 0 Å². The number of allylic oxidation sites excluding steroid dienone is 3. The summed E-state index contributed by atoms with van der Waals surface area (Å²) in [4.78, 5) is 0.414. The molecule has 0 bridgehead atoms. The highest BCUT2D eigenvalue weighted by Gasteiger charge is 2.29. The third kappa shape index (κ3) is 2.31. The summed E-state index contributed by atoms with van der Waals surface area (Å²) in [6.07, 6.45) is 3.39. The van der Waals surface area contributed by atoms with E-state index in [1.807, 2.05) is 20.8 Å². The molecule has 1 aliphatic rings. The van der Waals surface area contributed by atoms with Gasteiger partial charge in [-0.1, -0.05) is 33.4 Å². The Morgan fingerprint density at radius 2 is 1.92 bits per heavy atom. The minimum absolute atomic E-state index is 0.0549. The number of sulfone groups is 1. The van der Waals surface area contributed by atoms with Gasteiger partial charge >= 0.3 is 0 Å². The highest BCUT2D eigenvalue weighted by Crippen LogP contribution is 2.33. The van der Waals surface area contributed by atoms with E-state index in [0.29, 0.717) is 4.91 Å². The Kier molecular flexibility index (Phi) is 2.24. The second-order valence-electron chi connectivity index (χ2n) is 4.12. The van der Waals surface area contributed by atoms with E-state index in [-0.39, 0.29) is 5.41 Å². The van der Waals surface area contributed by atoms with Crippen molar-refractivity contribution in [2.75, 3.05) is 0 Å². The molecule has 0 atom stereocenters. The standard InChI is InChI=1S/C10H14O2S/c1-5-8(10(2,3)4)6-9-7-13(9,11)12/h5-7H,1H2,2-4H3/b8-6+. The molecule has 3 heteroatoms. The molecule has 0 aromatic heterocycles. The maximum atomic E-state index is 10.9. The van der Waals surface area contributed by atoms with Crippen molar-refractivity contribution in [1.82, 2.24) is 0 Å². The van der Waals surface area contributed by atoms with Gasteiger partial charge in [-0.2, -0.15) is 0 Å². The first-order valence-corrected chi connectivity index (χ1v) is 5.63. The predicted octanol–water partition coefficient (Wildman–Crippen LogP) is 2.41. The fraction of sp³-hybridized carbons (Fsp3) is 0.400. The minimum Gasteiger partial charge on any atom is -0.219 e. The normalized spacial score (nSPS) is 20.8. The molecule has 13 heavy (non-hydrogen) atoms. The highest BCUT2D eigenvalue weighted by atomic mass is 32.2. The van der Waals surface area contributed by atoms with Crippen molar-refractivity contribution in [3.63, 3.8) is 0 Å². The van der Waals surface area contributed by atoms with Crippen LogP contribution >= 0.6 is 0 Å². The van der Waals surface area contributed by atoms with Crippen molar-refractivity contribution < 1.29 is 8.42 Å². The van der Waals surface area contributed by atoms with Crippen LogP contribution in [0.25, 0.3) is 0 Å². The molecule has 72 valence electrons. The van der Waals surface area contributed by atoms with E-state index in [9.17, 15) is 8.42 Å². The highest BCUT2D eigenvalue weighted by molar-refractivity contribution is 8.04. The van der Waals surface area contributed by atoms with Crippen LogP contribution in [0.2, 0.25) is 0 Å². The molecular weight excluding hydrogens is 184 g/mol. The van der Waals surface area contributed by atoms with Crippen LogP contribution < -0.4 is 0 Å². The van der Waals surface area contributed by atoms with E-state index in [1.165, 1.54) is 5.41 Å². The maximum Gasteiger partial charge on any atom is 0.201 e. The molecule has 0 amide bonds. The van der Waals surface area contributed by atoms with Gasteiger partial charge in [0.25, 0.3) is 0 Å². The van der Waals surface area contributed by atoms with Gasteiger partial charge in [-0.3, -0.25) is 0 Å². The fourth-order valence-corrected chi connectivity index (χ4v) is 1.83. The zero-order valence-electron chi connectivity index (χ0n) is 8.16. The van der Waals surface area contributed by atoms with Gasteiger partial charge in [0.15, 0.2) is 0 Å². The Hall–Kier alpha value is -0.830. The van der Waals surface area contributed by atoms with Crippen molar-refractivity contribution in [3.8, 4) is 0 Å². The van der Waals surface area contributed by atoms with Crippen molar-refractivity contribution in [2.45, 2.75) is 20.8 Å². The number of hydrogen-bond donors (Lipinski definition) is 0. The summed E-state index contributed by atoms with van der Waals surface area (Å²) in [5.41, 5.74) is 0.889. The molecule has 0 fully saturated rings. The summed E-state index contributed by atoms with van der Waals surface area (Å²) in [5, 5.41) is 1.27. The van der Waals surface area contributed by atoms with E-state index in [1.54, 1.807) is 12.2 Å². The van der Waals surface area contributed by atoms with Crippen LogP contribution in [0.4, 0.5) is 0 Å². The molecule has 0 aromatic rings. The molecule has 0 saturated heterocycles. The summed E-state index contributed by atoms with van der Waals surface area (Å²) in [6.45, 7) is 9.74. The maximum absolute atomic E-state index is 10.9. The second kappa shape index (κ2) is 2.84. The van der Waals surface area contributed by atoms with Crippen LogP contribution in [0.15, 0.2) is 34.6 Å². The lowest BCUT2D eigenvalue weighted by Gasteiger charge is -2.19.